The van der Waals surface area contributed by atoms with E-state index in [4.69, 9.17) is 14.2 Å². The number of rotatable bonds is 54. The van der Waals surface area contributed by atoms with Crippen molar-refractivity contribution < 1.29 is 28.6 Å². The van der Waals surface area contributed by atoms with E-state index in [-0.39, 0.29) is 31.1 Å². The smallest absolute Gasteiger partial charge is 0.306 e. The molecule has 6 nitrogen and oxygen atoms in total. The van der Waals surface area contributed by atoms with Gasteiger partial charge in [-0.1, -0.05) is 249 Å². The molecule has 0 bridgehead atoms. The van der Waals surface area contributed by atoms with Crippen LogP contribution < -0.4 is 0 Å². The van der Waals surface area contributed by atoms with Crippen molar-refractivity contribution in [3.63, 3.8) is 0 Å². The zero-order chi connectivity index (χ0) is 55.7. The maximum atomic E-state index is 12.9. The molecule has 0 saturated heterocycles. The minimum absolute atomic E-state index is 0.104. The summed E-state index contributed by atoms with van der Waals surface area (Å²) in [7, 11) is 0. The third-order valence-electron chi connectivity index (χ3n) is 12.5. The number of ether oxygens (including phenoxy) is 3. The second-order valence-corrected chi connectivity index (χ2v) is 19.8. The van der Waals surface area contributed by atoms with Crippen molar-refractivity contribution in [3.8, 4) is 0 Å². The van der Waals surface area contributed by atoms with Crippen molar-refractivity contribution in [3.05, 3.63) is 158 Å². The molecule has 0 aromatic heterocycles. The molecule has 6 heteroatoms. The largest absolute Gasteiger partial charge is 0.462 e. The monoisotopic (exact) mass is 1060 g/mol. The fraction of sp³-hybridized carbons (Fsp3) is 0.592. The minimum atomic E-state index is -0.810. The van der Waals surface area contributed by atoms with E-state index in [1.807, 2.05) is 0 Å². The van der Waals surface area contributed by atoms with Gasteiger partial charge in [0, 0.05) is 19.3 Å². The molecule has 0 aliphatic rings. The molecule has 77 heavy (non-hydrogen) atoms. The van der Waals surface area contributed by atoms with Gasteiger partial charge < -0.3 is 14.2 Å². The number of hydrogen-bond acceptors (Lipinski definition) is 6. The highest BCUT2D eigenvalue weighted by Gasteiger charge is 2.19. The topological polar surface area (TPSA) is 78.9 Å². The molecule has 0 saturated carbocycles. The van der Waals surface area contributed by atoms with E-state index >= 15 is 0 Å². The summed E-state index contributed by atoms with van der Waals surface area (Å²) >= 11 is 0. The molecule has 0 radical (unpaired) electrons. The molecule has 1 unspecified atom stereocenters. The van der Waals surface area contributed by atoms with Crippen LogP contribution in [0.1, 0.15) is 252 Å². The van der Waals surface area contributed by atoms with E-state index in [1.165, 1.54) is 44.9 Å². The quantitative estimate of drug-likeness (QED) is 0.0261. The fourth-order valence-corrected chi connectivity index (χ4v) is 7.98. The van der Waals surface area contributed by atoms with Gasteiger partial charge in [0.1, 0.15) is 13.2 Å². The van der Waals surface area contributed by atoms with Gasteiger partial charge in [0.25, 0.3) is 0 Å². The van der Waals surface area contributed by atoms with Crippen LogP contribution in [0.15, 0.2) is 158 Å². The average molecular weight is 1060 g/mol. The van der Waals surface area contributed by atoms with Crippen LogP contribution in [0.25, 0.3) is 0 Å². The molecule has 0 aromatic carbocycles. The molecular weight excluding hydrogens is 949 g/mol. The molecule has 0 aliphatic heterocycles. The summed E-state index contributed by atoms with van der Waals surface area (Å²) in [6, 6.07) is 0. The van der Waals surface area contributed by atoms with Crippen LogP contribution in [0.2, 0.25) is 0 Å². The average Bonchev–Trinajstić information content (AvgIpc) is 3.43. The van der Waals surface area contributed by atoms with Gasteiger partial charge in [0.15, 0.2) is 6.10 Å². The predicted molar refractivity (Wildman–Crippen MR) is 334 cm³/mol. The van der Waals surface area contributed by atoms with Crippen LogP contribution in [0.5, 0.6) is 0 Å². The van der Waals surface area contributed by atoms with E-state index in [1.54, 1.807) is 0 Å². The highest BCUT2D eigenvalue weighted by molar-refractivity contribution is 5.71. The number of carbonyl (C=O) groups is 3. The Labute approximate surface area is 473 Å². The standard InChI is InChI=1S/C71H112O6/c1-4-7-10-13-16-19-22-25-27-29-31-32-33-34-35-36-37-38-40-41-43-46-49-52-55-58-61-64-70(73)76-67-68(66-75-69(72)63-60-57-54-51-48-45-24-21-18-15-12-9-6-3)77-71(74)65-62-59-56-53-50-47-44-42-39-30-28-26-23-20-17-14-11-8-5-2/h7-12,16-21,25-28,31-32,34-35,37-39,42,45,48,68H,4-6,13-15,22-24,29-30,33,36,40-41,43-44,46-47,49-67H2,1-3H3/b10-7-,11-8-,12-9-,19-16-,20-17-,21-18-,27-25-,28-26-,32-31-,35-34-,38-37-,42-39-,48-45-. The second-order valence-electron chi connectivity index (χ2n) is 19.8. The highest BCUT2D eigenvalue weighted by atomic mass is 16.6. The maximum Gasteiger partial charge on any atom is 0.306 e. The molecule has 0 aliphatic carbocycles. The van der Waals surface area contributed by atoms with E-state index in [2.05, 4.69) is 179 Å². The molecule has 0 amide bonds. The molecule has 0 spiro atoms. The van der Waals surface area contributed by atoms with Gasteiger partial charge in [-0.25, -0.2) is 0 Å². The lowest BCUT2D eigenvalue weighted by molar-refractivity contribution is -0.167. The van der Waals surface area contributed by atoms with Crippen LogP contribution in [0.3, 0.4) is 0 Å². The molecule has 0 fully saturated rings. The van der Waals surface area contributed by atoms with Gasteiger partial charge in [-0.2, -0.15) is 0 Å². The minimum Gasteiger partial charge on any atom is -0.462 e. The number of hydrogen-bond donors (Lipinski definition) is 0. The summed E-state index contributed by atoms with van der Waals surface area (Å²) < 4.78 is 16.9. The van der Waals surface area contributed by atoms with Gasteiger partial charge in [0.2, 0.25) is 0 Å². The van der Waals surface area contributed by atoms with E-state index in [0.29, 0.717) is 19.3 Å². The molecule has 0 aromatic rings. The Balaban J connectivity index is 4.41. The van der Waals surface area contributed by atoms with Crippen LogP contribution in [-0.4, -0.2) is 37.2 Å². The number of esters is 3. The number of allylic oxidation sites excluding steroid dienone is 26. The Bertz CT molecular complexity index is 1740. The SMILES string of the molecule is CC/C=C\C/C=C\C/C=C\C/C=C\C/C=C\C/C=C\CCCCCCCCCCC(=O)OCC(COC(=O)CCCCC/C=C\C/C=C\C/C=C\CC)OC(=O)CCCCCCCC/C=C\C/C=C\C/C=C\C/C=C\CC. The number of unbranched alkanes of at least 4 members (excludes halogenated alkanes) is 17. The number of carbonyl (C=O) groups excluding carboxylic acids is 3. The summed E-state index contributed by atoms with van der Waals surface area (Å²) in [5.41, 5.74) is 0. The third-order valence-corrected chi connectivity index (χ3v) is 12.5. The van der Waals surface area contributed by atoms with Crippen molar-refractivity contribution in [1.29, 1.82) is 0 Å². The first-order chi connectivity index (χ1) is 38.0. The van der Waals surface area contributed by atoms with Crippen LogP contribution in [0.4, 0.5) is 0 Å². The van der Waals surface area contributed by atoms with Gasteiger partial charge in [-0.15, -0.1) is 0 Å². The van der Waals surface area contributed by atoms with Crippen molar-refractivity contribution in [2.24, 2.45) is 0 Å². The fourth-order valence-electron chi connectivity index (χ4n) is 7.98. The van der Waals surface area contributed by atoms with Gasteiger partial charge in [-0.3, -0.25) is 14.4 Å². The second kappa shape index (κ2) is 63.6. The van der Waals surface area contributed by atoms with Gasteiger partial charge >= 0.3 is 17.9 Å². The third kappa shape index (κ3) is 61.8. The van der Waals surface area contributed by atoms with Crippen LogP contribution in [-0.2, 0) is 28.6 Å². The summed E-state index contributed by atoms with van der Waals surface area (Å²) in [6.45, 7) is 6.25. The first-order valence-electron chi connectivity index (χ1n) is 31.0. The Hall–Kier alpha value is -4.97. The lowest BCUT2D eigenvalue weighted by atomic mass is 10.1. The Morgan fingerprint density at radius 1 is 0.260 bits per heavy atom. The normalized spacial score (nSPS) is 13.2. The Kier molecular flexibility index (Phi) is 59.5. The first-order valence-corrected chi connectivity index (χ1v) is 31.0. The van der Waals surface area contributed by atoms with Crippen LogP contribution in [0, 0.1) is 0 Å². The first kappa shape index (κ1) is 72.0. The molecule has 0 N–H and O–H groups in total. The highest BCUT2D eigenvalue weighted by Crippen LogP contribution is 2.14. The zero-order valence-corrected chi connectivity index (χ0v) is 49.4. The van der Waals surface area contributed by atoms with Crippen molar-refractivity contribution in [2.45, 2.75) is 258 Å². The Morgan fingerprint density at radius 2 is 0.468 bits per heavy atom. The maximum absolute atomic E-state index is 12.9. The molecular formula is C71H112O6. The molecule has 432 valence electrons. The van der Waals surface area contributed by atoms with Gasteiger partial charge in [0.05, 0.1) is 0 Å². The van der Waals surface area contributed by atoms with Crippen molar-refractivity contribution in [2.75, 3.05) is 13.2 Å². The Morgan fingerprint density at radius 3 is 0.740 bits per heavy atom. The van der Waals surface area contributed by atoms with E-state index in [0.717, 1.165) is 167 Å². The van der Waals surface area contributed by atoms with Crippen molar-refractivity contribution in [1.82, 2.24) is 0 Å². The lowest BCUT2D eigenvalue weighted by Crippen LogP contribution is -2.30. The molecule has 0 rings (SSSR count). The summed E-state index contributed by atoms with van der Waals surface area (Å²) in [5, 5.41) is 0. The lowest BCUT2D eigenvalue weighted by Gasteiger charge is -2.18. The molecule has 1 atom stereocenters. The van der Waals surface area contributed by atoms with E-state index in [9.17, 15) is 14.4 Å². The predicted octanol–water partition coefficient (Wildman–Crippen LogP) is 21.3. The molecule has 0 heterocycles. The zero-order valence-electron chi connectivity index (χ0n) is 49.4. The summed E-state index contributed by atoms with van der Waals surface area (Å²) in [5.74, 6) is -0.961. The van der Waals surface area contributed by atoms with Gasteiger partial charge in [-0.05, 0) is 141 Å². The summed E-state index contributed by atoms with van der Waals surface area (Å²) in [6.07, 6.45) is 92.4. The van der Waals surface area contributed by atoms with Crippen molar-refractivity contribution >= 4 is 17.9 Å². The van der Waals surface area contributed by atoms with E-state index < -0.39 is 6.10 Å². The summed E-state index contributed by atoms with van der Waals surface area (Å²) in [4.78, 5) is 38.3. The van der Waals surface area contributed by atoms with Crippen LogP contribution >= 0.6 is 0 Å².